The highest BCUT2D eigenvalue weighted by molar-refractivity contribution is 5.92. The van der Waals surface area contributed by atoms with Gasteiger partial charge in [0, 0.05) is 61.6 Å². The van der Waals surface area contributed by atoms with Crippen LogP contribution in [0.4, 0.5) is 5.69 Å². The highest BCUT2D eigenvalue weighted by Crippen LogP contribution is 2.26. The summed E-state index contributed by atoms with van der Waals surface area (Å²) in [6.07, 6.45) is 5.60. The lowest BCUT2D eigenvalue weighted by molar-refractivity contribution is -0.126. The van der Waals surface area contributed by atoms with E-state index < -0.39 is 0 Å². The molecule has 1 aromatic heterocycles. The fourth-order valence-corrected chi connectivity index (χ4v) is 2.98. The van der Waals surface area contributed by atoms with Gasteiger partial charge in [-0.05, 0) is 32.3 Å². The standard InChI is InChI=1S/C18H24N4O/c1-20(2)10-4-7-18(23)22-13-11-21(12-14-22)17-6-3-5-16-15(17)8-9-19-16/h3-9,19H,10-14H2,1-2H3/b7-4+. The molecule has 2 heterocycles. The number of aromatic amines is 1. The van der Waals surface area contributed by atoms with E-state index >= 15 is 0 Å². The molecule has 1 fully saturated rings. The van der Waals surface area contributed by atoms with Crippen LogP contribution in [0.1, 0.15) is 0 Å². The van der Waals surface area contributed by atoms with Crippen LogP contribution in [0.2, 0.25) is 0 Å². The van der Waals surface area contributed by atoms with Crippen LogP contribution in [-0.2, 0) is 4.79 Å². The van der Waals surface area contributed by atoms with Gasteiger partial charge in [-0.3, -0.25) is 4.79 Å². The molecule has 2 aromatic rings. The van der Waals surface area contributed by atoms with Gasteiger partial charge in [-0.25, -0.2) is 0 Å². The predicted molar refractivity (Wildman–Crippen MR) is 94.8 cm³/mol. The highest BCUT2D eigenvalue weighted by Gasteiger charge is 2.20. The number of H-pyrrole nitrogens is 1. The van der Waals surface area contributed by atoms with E-state index in [0.717, 1.165) is 38.2 Å². The number of rotatable bonds is 4. The number of benzene rings is 1. The molecule has 0 bridgehead atoms. The van der Waals surface area contributed by atoms with Crippen molar-refractivity contribution in [3.63, 3.8) is 0 Å². The maximum absolute atomic E-state index is 12.2. The second-order valence-corrected chi connectivity index (χ2v) is 6.19. The average molecular weight is 312 g/mol. The summed E-state index contributed by atoms with van der Waals surface area (Å²) in [7, 11) is 3.99. The fourth-order valence-electron chi connectivity index (χ4n) is 2.98. The number of fused-ring (bicyclic) bond motifs is 1. The molecule has 1 aliphatic heterocycles. The van der Waals surface area contributed by atoms with Crippen molar-refractivity contribution >= 4 is 22.5 Å². The van der Waals surface area contributed by atoms with Crippen molar-refractivity contribution in [2.24, 2.45) is 0 Å². The summed E-state index contributed by atoms with van der Waals surface area (Å²) < 4.78 is 0. The lowest BCUT2D eigenvalue weighted by Crippen LogP contribution is -2.48. The van der Waals surface area contributed by atoms with E-state index in [1.165, 1.54) is 11.1 Å². The first kappa shape index (κ1) is 15.6. The van der Waals surface area contributed by atoms with Crippen molar-refractivity contribution in [2.45, 2.75) is 0 Å². The number of hydrogen-bond acceptors (Lipinski definition) is 3. The third-order valence-corrected chi connectivity index (χ3v) is 4.23. The molecule has 0 saturated carbocycles. The van der Waals surface area contributed by atoms with Crippen molar-refractivity contribution in [1.29, 1.82) is 0 Å². The Bertz CT molecular complexity index is 696. The molecule has 1 N–H and O–H groups in total. The number of hydrogen-bond donors (Lipinski definition) is 1. The van der Waals surface area contributed by atoms with Crippen molar-refractivity contribution in [3.05, 3.63) is 42.6 Å². The molecule has 5 heteroatoms. The predicted octanol–water partition coefficient (Wildman–Crippen LogP) is 1.93. The van der Waals surface area contributed by atoms with Gasteiger partial charge in [0.25, 0.3) is 0 Å². The first-order valence-electron chi connectivity index (χ1n) is 8.06. The summed E-state index contributed by atoms with van der Waals surface area (Å²) in [4.78, 5) is 21.8. The summed E-state index contributed by atoms with van der Waals surface area (Å²) in [5, 5.41) is 1.25. The quantitative estimate of drug-likeness (QED) is 0.877. The minimum absolute atomic E-state index is 0.117. The summed E-state index contributed by atoms with van der Waals surface area (Å²) in [5.41, 5.74) is 2.41. The number of nitrogens with one attached hydrogen (secondary N) is 1. The molecule has 23 heavy (non-hydrogen) atoms. The molecule has 5 nitrogen and oxygen atoms in total. The zero-order valence-corrected chi connectivity index (χ0v) is 13.8. The largest absolute Gasteiger partial charge is 0.367 e. The highest BCUT2D eigenvalue weighted by atomic mass is 16.2. The van der Waals surface area contributed by atoms with Gasteiger partial charge in [-0.1, -0.05) is 12.1 Å². The maximum atomic E-state index is 12.2. The Hall–Kier alpha value is -2.27. The van der Waals surface area contributed by atoms with Crippen molar-refractivity contribution in [2.75, 3.05) is 51.7 Å². The Morgan fingerprint density at radius 1 is 1.22 bits per heavy atom. The van der Waals surface area contributed by atoms with E-state index in [9.17, 15) is 4.79 Å². The summed E-state index contributed by atoms with van der Waals surface area (Å²) in [6, 6.07) is 8.45. The molecule has 1 aromatic carbocycles. The Labute approximate surface area is 137 Å². The molecule has 1 amide bonds. The van der Waals surface area contributed by atoms with Crippen LogP contribution in [-0.4, -0.2) is 67.5 Å². The van der Waals surface area contributed by atoms with E-state index in [1.807, 2.05) is 36.2 Å². The summed E-state index contributed by atoms with van der Waals surface area (Å²) in [5.74, 6) is 0.117. The van der Waals surface area contributed by atoms with E-state index in [1.54, 1.807) is 6.08 Å². The number of likely N-dealkylation sites (N-methyl/N-ethyl adjacent to an activating group) is 1. The van der Waals surface area contributed by atoms with Crippen LogP contribution in [0.25, 0.3) is 10.9 Å². The first-order chi connectivity index (χ1) is 11.1. The van der Waals surface area contributed by atoms with Crippen LogP contribution in [0.3, 0.4) is 0 Å². The van der Waals surface area contributed by atoms with E-state index in [4.69, 9.17) is 0 Å². The lowest BCUT2D eigenvalue weighted by atomic mass is 10.1. The molecule has 0 atom stereocenters. The number of carbonyl (C=O) groups is 1. The lowest BCUT2D eigenvalue weighted by Gasteiger charge is -2.36. The fraction of sp³-hybridized carbons (Fsp3) is 0.389. The second kappa shape index (κ2) is 6.87. The molecule has 0 spiro atoms. The molecule has 122 valence electrons. The Balaban J connectivity index is 1.61. The SMILES string of the molecule is CN(C)C/C=C/C(=O)N1CCN(c2cccc3[nH]ccc23)CC1. The number of aromatic nitrogens is 1. The third-order valence-electron chi connectivity index (χ3n) is 4.23. The van der Waals surface area contributed by atoms with Crippen LogP contribution >= 0.6 is 0 Å². The van der Waals surface area contributed by atoms with E-state index in [-0.39, 0.29) is 5.91 Å². The third kappa shape index (κ3) is 3.56. The van der Waals surface area contributed by atoms with Crippen molar-refractivity contribution in [1.82, 2.24) is 14.8 Å². The van der Waals surface area contributed by atoms with Gasteiger partial charge in [0.15, 0.2) is 0 Å². The van der Waals surface area contributed by atoms with E-state index in [0.29, 0.717) is 0 Å². The maximum Gasteiger partial charge on any atom is 0.246 e. The zero-order chi connectivity index (χ0) is 16.2. The molecule has 3 rings (SSSR count). The Kier molecular flexibility index (Phi) is 4.67. The first-order valence-corrected chi connectivity index (χ1v) is 8.06. The van der Waals surface area contributed by atoms with Gasteiger partial charge >= 0.3 is 0 Å². The van der Waals surface area contributed by atoms with Crippen LogP contribution in [0.5, 0.6) is 0 Å². The molecular weight excluding hydrogens is 288 g/mol. The molecule has 1 saturated heterocycles. The Morgan fingerprint density at radius 3 is 2.74 bits per heavy atom. The Morgan fingerprint density at radius 2 is 2.00 bits per heavy atom. The average Bonchev–Trinajstić information content (AvgIpc) is 3.03. The molecule has 1 aliphatic rings. The summed E-state index contributed by atoms with van der Waals surface area (Å²) in [6.45, 7) is 4.08. The number of nitrogens with zero attached hydrogens (tertiary/aromatic N) is 3. The van der Waals surface area contributed by atoms with Gasteiger partial charge in [-0.15, -0.1) is 0 Å². The normalized spacial score (nSPS) is 16.0. The van der Waals surface area contributed by atoms with Gasteiger partial charge in [-0.2, -0.15) is 0 Å². The minimum Gasteiger partial charge on any atom is -0.367 e. The van der Waals surface area contributed by atoms with Gasteiger partial charge in [0.05, 0.1) is 0 Å². The zero-order valence-electron chi connectivity index (χ0n) is 13.8. The van der Waals surface area contributed by atoms with E-state index in [2.05, 4.69) is 34.1 Å². The smallest absolute Gasteiger partial charge is 0.246 e. The van der Waals surface area contributed by atoms with Gasteiger partial charge < -0.3 is 19.7 Å². The number of amides is 1. The number of anilines is 1. The monoisotopic (exact) mass is 312 g/mol. The second-order valence-electron chi connectivity index (χ2n) is 6.19. The number of carbonyl (C=O) groups excluding carboxylic acids is 1. The van der Waals surface area contributed by atoms with Crippen molar-refractivity contribution in [3.8, 4) is 0 Å². The van der Waals surface area contributed by atoms with Gasteiger partial charge in [0.1, 0.15) is 0 Å². The molecule has 0 aliphatic carbocycles. The summed E-state index contributed by atoms with van der Waals surface area (Å²) >= 11 is 0. The number of piperazine rings is 1. The van der Waals surface area contributed by atoms with Crippen LogP contribution < -0.4 is 4.90 Å². The minimum atomic E-state index is 0.117. The molecule has 0 unspecified atom stereocenters. The van der Waals surface area contributed by atoms with Gasteiger partial charge in [0.2, 0.25) is 5.91 Å². The van der Waals surface area contributed by atoms with Crippen LogP contribution in [0.15, 0.2) is 42.6 Å². The van der Waals surface area contributed by atoms with Crippen molar-refractivity contribution < 1.29 is 4.79 Å². The molecular formula is C18H24N4O. The van der Waals surface area contributed by atoms with Crippen LogP contribution in [0, 0.1) is 0 Å². The molecule has 0 radical (unpaired) electrons. The topological polar surface area (TPSA) is 42.6 Å².